The van der Waals surface area contributed by atoms with Crippen molar-refractivity contribution in [3.05, 3.63) is 54.1 Å². The summed E-state index contributed by atoms with van der Waals surface area (Å²) in [5.41, 5.74) is 0.826. The van der Waals surface area contributed by atoms with E-state index in [1.54, 1.807) is 19.2 Å². The first-order valence-corrected chi connectivity index (χ1v) is 5.26. The molecule has 4 nitrogen and oxygen atoms in total. The minimum Gasteiger partial charge on any atom is -0.508 e. The number of pyridine rings is 1. The number of rotatable bonds is 2. The standard InChI is InChI=1S/C13H11FN2O2/c1-16(10-3-2-4-11(17)7-10)13(18)9-5-6-12(14)15-8-9/h2-8,17H,1H3. The first-order chi connectivity index (χ1) is 8.58. The lowest BCUT2D eigenvalue weighted by molar-refractivity contribution is 0.0992. The molecule has 92 valence electrons. The minimum atomic E-state index is -0.633. The predicted octanol–water partition coefficient (Wildman–Crippen LogP) is 2.20. The van der Waals surface area contributed by atoms with E-state index in [0.29, 0.717) is 5.69 Å². The van der Waals surface area contributed by atoms with Crippen molar-refractivity contribution < 1.29 is 14.3 Å². The molecule has 5 heteroatoms. The molecule has 2 aromatic rings. The van der Waals surface area contributed by atoms with E-state index >= 15 is 0 Å². The fraction of sp³-hybridized carbons (Fsp3) is 0.0769. The molecule has 0 radical (unpaired) electrons. The lowest BCUT2D eigenvalue weighted by atomic mass is 10.2. The Bertz CT molecular complexity index is 569. The van der Waals surface area contributed by atoms with Crippen LogP contribution in [0, 0.1) is 5.95 Å². The third kappa shape index (κ3) is 2.45. The average molecular weight is 246 g/mol. The molecule has 2 rings (SSSR count). The number of aromatic hydroxyl groups is 1. The van der Waals surface area contributed by atoms with Crippen molar-refractivity contribution in [2.75, 3.05) is 11.9 Å². The van der Waals surface area contributed by atoms with Gasteiger partial charge in [0, 0.05) is 25.0 Å². The molecule has 0 aliphatic heterocycles. The van der Waals surface area contributed by atoms with Crippen molar-refractivity contribution in [2.24, 2.45) is 0 Å². The molecule has 0 fully saturated rings. The van der Waals surface area contributed by atoms with Gasteiger partial charge in [0.25, 0.3) is 5.91 Å². The average Bonchev–Trinajstić information content (AvgIpc) is 2.38. The van der Waals surface area contributed by atoms with Gasteiger partial charge >= 0.3 is 0 Å². The molecular formula is C13H11FN2O2. The molecule has 1 heterocycles. The summed E-state index contributed by atoms with van der Waals surface area (Å²) in [4.78, 5) is 16.8. The molecule has 1 amide bonds. The number of amides is 1. The molecular weight excluding hydrogens is 235 g/mol. The molecule has 0 spiro atoms. The van der Waals surface area contributed by atoms with Gasteiger partial charge in [0.15, 0.2) is 0 Å². The number of carbonyl (C=O) groups is 1. The zero-order chi connectivity index (χ0) is 13.1. The zero-order valence-electron chi connectivity index (χ0n) is 9.67. The van der Waals surface area contributed by atoms with Crippen molar-refractivity contribution in [1.82, 2.24) is 4.98 Å². The normalized spacial score (nSPS) is 10.1. The van der Waals surface area contributed by atoms with Crippen LogP contribution in [-0.2, 0) is 0 Å². The second kappa shape index (κ2) is 4.83. The summed E-state index contributed by atoms with van der Waals surface area (Å²) in [6, 6.07) is 8.80. The Morgan fingerprint density at radius 1 is 1.33 bits per heavy atom. The van der Waals surface area contributed by atoms with Crippen molar-refractivity contribution >= 4 is 11.6 Å². The van der Waals surface area contributed by atoms with Crippen LogP contribution in [0.1, 0.15) is 10.4 Å². The van der Waals surface area contributed by atoms with Gasteiger partial charge in [-0.3, -0.25) is 4.79 Å². The molecule has 0 unspecified atom stereocenters. The van der Waals surface area contributed by atoms with Crippen LogP contribution in [0.15, 0.2) is 42.6 Å². The Labute approximate surface area is 103 Å². The van der Waals surface area contributed by atoms with Gasteiger partial charge in [-0.2, -0.15) is 4.39 Å². The number of phenolic OH excluding ortho intramolecular Hbond substituents is 1. The van der Waals surface area contributed by atoms with Crippen LogP contribution in [0.4, 0.5) is 10.1 Å². The maximum atomic E-state index is 12.7. The Kier molecular flexibility index (Phi) is 3.23. The maximum Gasteiger partial charge on any atom is 0.259 e. The molecule has 0 atom stereocenters. The Morgan fingerprint density at radius 3 is 2.72 bits per heavy atom. The number of hydrogen-bond donors (Lipinski definition) is 1. The molecule has 1 aromatic heterocycles. The number of anilines is 1. The van der Waals surface area contributed by atoms with Crippen LogP contribution in [0.25, 0.3) is 0 Å². The van der Waals surface area contributed by atoms with E-state index in [9.17, 15) is 14.3 Å². The topological polar surface area (TPSA) is 53.4 Å². The first kappa shape index (κ1) is 12.0. The predicted molar refractivity (Wildman–Crippen MR) is 65.0 cm³/mol. The second-order valence-electron chi connectivity index (χ2n) is 3.75. The van der Waals surface area contributed by atoms with Gasteiger partial charge < -0.3 is 10.0 Å². The SMILES string of the molecule is CN(C(=O)c1ccc(F)nc1)c1cccc(O)c1. The van der Waals surface area contributed by atoms with Crippen LogP contribution in [0.5, 0.6) is 5.75 Å². The van der Waals surface area contributed by atoms with Gasteiger partial charge in [-0.25, -0.2) is 4.98 Å². The van der Waals surface area contributed by atoms with Gasteiger partial charge in [0.05, 0.1) is 5.56 Å². The molecule has 0 aliphatic carbocycles. The van der Waals surface area contributed by atoms with Gasteiger partial charge in [0.2, 0.25) is 5.95 Å². The van der Waals surface area contributed by atoms with E-state index < -0.39 is 5.95 Å². The zero-order valence-corrected chi connectivity index (χ0v) is 9.67. The van der Waals surface area contributed by atoms with E-state index in [-0.39, 0.29) is 17.2 Å². The number of phenols is 1. The monoisotopic (exact) mass is 246 g/mol. The largest absolute Gasteiger partial charge is 0.508 e. The number of halogens is 1. The summed E-state index contributed by atoms with van der Waals surface area (Å²) in [6.07, 6.45) is 1.18. The maximum absolute atomic E-state index is 12.7. The molecule has 0 saturated carbocycles. The summed E-state index contributed by atoms with van der Waals surface area (Å²) in [5.74, 6) is -0.885. The van der Waals surface area contributed by atoms with E-state index in [1.165, 1.54) is 29.3 Å². The minimum absolute atomic E-state index is 0.0735. The molecule has 18 heavy (non-hydrogen) atoms. The summed E-state index contributed by atoms with van der Waals surface area (Å²) in [6.45, 7) is 0. The van der Waals surface area contributed by atoms with Gasteiger partial charge in [0.1, 0.15) is 5.75 Å². The summed E-state index contributed by atoms with van der Waals surface area (Å²) >= 11 is 0. The number of aromatic nitrogens is 1. The van der Waals surface area contributed by atoms with Crippen molar-refractivity contribution in [3.63, 3.8) is 0 Å². The van der Waals surface area contributed by atoms with E-state index in [4.69, 9.17) is 0 Å². The Morgan fingerprint density at radius 2 is 2.11 bits per heavy atom. The van der Waals surface area contributed by atoms with Crippen LogP contribution >= 0.6 is 0 Å². The second-order valence-corrected chi connectivity index (χ2v) is 3.75. The van der Waals surface area contributed by atoms with Gasteiger partial charge in [-0.05, 0) is 24.3 Å². The van der Waals surface area contributed by atoms with Crippen LogP contribution < -0.4 is 4.90 Å². The first-order valence-electron chi connectivity index (χ1n) is 5.26. The Balaban J connectivity index is 2.26. The van der Waals surface area contributed by atoms with Gasteiger partial charge in [-0.15, -0.1) is 0 Å². The number of carbonyl (C=O) groups excluding carboxylic acids is 1. The quantitative estimate of drug-likeness (QED) is 0.826. The molecule has 0 saturated heterocycles. The fourth-order valence-electron chi connectivity index (χ4n) is 1.51. The smallest absolute Gasteiger partial charge is 0.259 e. The number of hydrogen-bond acceptors (Lipinski definition) is 3. The van der Waals surface area contributed by atoms with E-state index in [2.05, 4.69) is 4.98 Å². The van der Waals surface area contributed by atoms with Crippen LogP contribution in [-0.4, -0.2) is 23.0 Å². The highest BCUT2D eigenvalue weighted by molar-refractivity contribution is 6.05. The lowest BCUT2D eigenvalue weighted by Crippen LogP contribution is -2.26. The highest BCUT2D eigenvalue weighted by Crippen LogP contribution is 2.20. The van der Waals surface area contributed by atoms with Crippen LogP contribution in [0.2, 0.25) is 0 Å². The van der Waals surface area contributed by atoms with Crippen LogP contribution in [0.3, 0.4) is 0 Å². The molecule has 0 aliphatic rings. The number of benzene rings is 1. The number of nitrogens with zero attached hydrogens (tertiary/aromatic N) is 2. The van der Waals surface area contributed by atoms with E-state index in [0.717, 1.165) is 6.07 Å². The lowest BCUT2D eigenvalue weighted by Gasteiger charge is -2.17. The summed E-state index contributed by atoms with van der Waals surface area (Å²) < 4.78 is 12.7. The van der Waals surface area contributed by atoms with Crippen molar-refractivity contribution in [3.8, 4) is 5.75 Å². The fourth-order valence-corrected chi connectivity index (χ4v) is 1.51. The highest BCUT2D eigenvalue weighted by atomic mass is 19.1. The third-order valence-electron chi connectivity index (χ3n) is 2.50. The molecule has 1 aromatic carbocycles. The summed E-state index contributed by atoms with van der Waals surface area (Å²) in [7, 11) is 1.57. The van der Waals surface area contributed by atoms with E-state index in [1.807, 2.05) is 0 Å². The molecule has 0 bridgehead atoms. The van der Waals surface area contributed by atoms with Gasteiger partial charge in [-0.1, -0.05) is 6.07 Å². The Hall–Kier alpha value is -2.43. The molecule has 1 N–H and O–H groups in total. The van der Waals surface area contributed by atoms with Crippen molar-refractivity contribution in [1.29, 1.82) is 0 Å². The van der Waals surface area contributed by atoms with Crippen molar-refractivity contribution in [2.45, 2.75) is 0 Å². The highest BCUT2D eigenvalue weighted by Gasteiger charge is 2.14. The third-order valence-corrected chi connectivity index (χ3v) is 2.50. The summed E-state index contributed by atoms with van der Waals surface area (Å²) in [5, 5.41) is 9.35.